The van der Waals surface area contributed by atoms with Crippen LogP contribution >= 0.6 is 0 Å². The van der Waals surface area contributed by atoms with Crippen LogP contribution in [0, 0.1) is 6.92 Å². The third-order valence-corrected chi connectivity index (χ3v) is 6.11. The zero-order valence-electron chi connectivity index (χ0n) is 13.3. The third kappa shape index (κ3) is 3.45. The molecule has 1 heterocycles. The smallest absolute Gasteiger partial charge is 0.243 e. The van der Waals surface area contributed by atoms with E-state index in [1.54, 1.807) is 10.4 Å². The molecule has 0 aromatic heterocycles. The van der Waals surface area contributed by atoms with Crippen LogP contribution in [-0.2, 0) is 16.6 Å². The van der Waals surface area contributed by atoms with Gasteiger partial charge in [-0.25, -0.2) is 8.42 Å². The fraction of sp³-hybridized carbons (Fsp3) is 0.600. The maximum atomic E-state index is 12.9. The van der Waals surface area contributed by atoms with Crippen LogP contribution in [0.1, 0.15) is 17.5 Å². The van der Waals surface area contributed by atoms with Gasteiger partial charge in [0, 0.05) is 25.7 Å². The minimum Gasteiger partial charge on any atom is -0.316 e. The quantitative estimate of drug-likeness (QED) is 0.883. The van der Waals surface area contributed by atoms with Gasteiger partial charge >= 0.3 is 0 Å². The van der Waals surface area contributed by atoms with Gasteiger partial charge in [-0.2, -0.15) is 4.31 Å². The maximum absolute atomic E-state index is 12.9. The van der Waals surface area contributed by atoms with E-state index in [1.165, 1.54) is 0 Å². The van der Waals surface area contributed by atoms with Crippen molar-refractivity contribution in [2.24, 2.45) is 0 Å². The largest absolute Gasteiger partial charge is 0.316 e. The first kappa shape index (κ1) is 16.4. The van der Waals surface area contributed by atoms with E-state index in [9.17, 15) is 8.42 Å². The average molecular weight is 311 g/mol. The summed E-state index contributed by atoms with van der Waals surface area (Å²) < 4.78 is 27.3. The van der Waals surface area contributed by atoms with Crippen molar-refractivity contribution in [1.29, 1.82) is 0 Å². The van der Waals surface area contributed by atoms with E-state index >= 15 is 0 Å². The lowest BCUT2D eigenvalue weighted by Gasteiger charge is -2.21. The Morgan fingerprint density at radius 1 is 1.38 bits per heavy atom. The Kier molecular flexibility index (Phi) is 5.03. The van der Waals surface area contributed by atoms with Crippen molar-refractivity contribution in [3.05, 3.63) is 29.3 Å². The topological polar surface area (TPSA) is 52.7 Å². The van der Waals surface area contributed by atoms with Gasteiger partial charge in [0.2, 0.25) is 10.0 Å². The molecule has 0 amide bonds. The first-order chi connectivity index (χ1) is 9.86. The molecule has 0 aliphatic carbocycles. The van der Waals surface area contributed by atoms with Gasteiger partial charge < -0.3 is 10.2 Å². The van der Waals surface area contributed by atoms with E-state index in [-0.39, 0.29) is 0 Å². The zero-order valence-corrected chi connectivity index (χ0v) is 14.1. The van der Waals surface area contributed by atoms with Gasteiger partial charge in [0.15, 0.2) is 0 Å². The minimum atomic E-state index is -3.40. The van der Waals surface area contributed by atoms with Crippen molar-refractivity contribution in [3.8, 4) is 0 Å². The van der Waals surface area contributed by atoms with Crippen molar-refractivity contribution in [2.75, 3.05) is 34.2 Å². The Balaban J connectivity index is 2.30. The maximum Gasteiger partial charge on any atom is 0.243 e. The van der Waals surface area contributed by atoms with E-state index in [0.717, 1.165) is 17.5 Å². The van der Waals surface area contributed by atoms with Crippen molar-refractivity contribution in [2.45, 2.75) is 30.8 Å². The summed E-state index contributed by atoms with van der Waals surface area (Å²) in [5, 5.41) is 3.06. The summed E-state index contributed by atoms with van der Waals surface area (Å²) >= 11 is 0. The summed E-state index contributed by atoms with van der Waals surface area (Å²) in [6, 6.07) is 5.96. The van der Waals surface area contributed by atoms with Crippen LogP contribution < -0.4 is 5.32 Å². The lowest BCUT2D eigenvalue weighted by Crippen LogP contribution is -2.34. The molecule has 1 aromatic carbocycles. The Hall–Kier alpha value is -0.950. The summed E-state index contributed by atoms with van der Waals surface area (Å²) in [6.07, 6.45) is 0.890. The predicted molar refractivity (Wildman–Crippen MR) is 84.8 cm³/mol. The second-order valence-electron chi connectivity index (χ2n) is 5.90. The van der Waals surface area contributed by atoms with E-state index in [4.69, 9.17) is 0 Å². The van der Waals surface area contributed by atoms with Crippen molar-refractivity contribution in [1.82, 2.24) is 14.5 Å². The van der Waals surface area contributed by atoms with Crippen molar-refractivity contribution in [3.63, 3.8) is 0 Å². The molecule has 118 valence electrons. The van der Waals surface area contributed by atoms with Crippen LogP contribution in [-0.4, -0.2) is 57.9 Å². The van der Waals surface area contributed by atoms with Crippen molar-refractivity contribution < 1.29 is 8.42 Å². The fourth-order valence-electron chi connectivity index (χ4n) is 2.73. The molecule has 5 nitrogen and oxygen atoms in total. The standard InChI is InChI=1S/C15H25N3O2S/c1-12-5-6-13(10-16-2)9-15(12)21(19,20)18-8-7-14(11-18)17(3)4/h5-6,9,14,16H,7-8,10-11H2,1-4H3. The number of benzene rings is 1. The number of likely N-dealkylation sites (N-methyl/N-ethyl adjacent to an activating group) is 1. The number of nitrogens with one attached hydrogen (secondary N) is 1. The lowest BCUT2D eigenvalue weighted by atomic mass is 10.1. The number of aryl methyl sites for hydroxylation is 1. The van der Waals surface area contributed by atoms with Crippen LogP contribution in [0.15, 0.2) is 23.1 Å². The molecule has 21 heavy (non-hydrogen) atoms. The van der Waals surface area contributed by atoms with Gasteiger partial charge in [-0.05, 0) is 51.7 Å². The molecule has 0 saturated carbocycles. The van der Waals surface area contributed by atoms with Crippen LogP contribution in [0.3, 0.4) is 0 Å². The molecule has 1 unspecified atom stereocenters. The van der Waals surface area contributed by atoms with E-state index in [1.807, 2.05) is 40.2 Å². The monoisotopic (exact) mass is 311 g/mol. The minimum absolute atomic E-state index is 0.306. The Bertz CT molecular complexity index is 599. The van der Waals surface area contributed by atoms with Gasteiger partial charge in [-0.1, -0.05) is 12.1 Å². The van der Waals surface area contributed by atoms with Crippen LogP contribution in [0.2, 0.25) is 0 Å². The first-order valence-corrected chi connectivity index (χ1v) is 8.71. The summed E-state index contributed by atoms with van der Waals surface area (Å²) in [7, 11) is 2.46. The zero-order chi connectivity index (χ0) is 15.6. The lowest BCUT2D eigenvalue weighted by molar-refractivity contribution is 0.302. The molecule has 0 bridgehead atoms. The first-order valence-electron chi connectivity index (χ1n) is 7.27. The molecular weight excluding hydrogens is 286 g/mol. The third-order valence-electron chi connectivity index (χ3n) is 4.11. The summed E-state index contributed by atoms with van der Waals surface area (Å²) in [5.41, 5.74) is 1.80. The average Bonchev–Trinajstić information content (AvgIpc) is 2.91. The van der Waals surface area contributed by atoms with E-state index in [0.29, 0.717) is 30.6 Å². The Morgan fingerprint density at radius 2 is 2.10 bits per heavy atom. The normalized spacial score (nSPS) is 20.3. The highest BCUT2D eigenvalue weighted by molar-refractivity contribution is 7.89. The fourth-order valence-corrected chi connectivity index (χ4v) is 4.49. The molecule has 0 spiro atoms. The predicted octanol–water partition coefficient (Wildman–Crippen LogP) is 1.04. The number of nitrogens with zero attached hydrogens (tertiary/aromatic N) is 2. The molecule has 1 atom stereocenters. The molecule has 1 aliphatic heterocycles. The highest BCUT2D eigenvalue weighted by atomic mass is 32.2. The van der Waals surface area contributed by atoms with Crippen LogP contribution in [0.25, 0.3) is 0 Å². The summed E-state index contributed by atoms with van der Waals surface area (Å²) in [6.45, 7) is 3.70. The second-order valence-corrected chi connectivity index (χ2v) is 7.81. The van der Waals surface area contributed by atoms with Gasteiger partial charge in [-0.15, -0.1) is 0 Å². The Labute approximate surface area is 128 Å². The number of sulfonamides is 1. The Morgan fingerprint density at radius 3 is 2.67 bits per heavy atom. The molecule has 0 radical (unpaired) electrons. The number of rotatable bonds is 5. The molecule has 1 saturated heterocycles. The number of hydrogen-bond acceptors (Lipinski definition) is 4. The molecular formula is C15H25N3O2S. The van der Waals surface area contributed by atoms with Crippen LogP contribution in [0.5, 0.6) is 0 Å². The van der Waals surface area contributed by atoms with E-state index < -0.39 is 10.0 Å². The van der Waals surface area contributed by atoms with Gasteiger partial charge in [0.05, 0.1) is 4.90 Å². The molecule has 2 rings (SSSR count). The molecule has 1 aromatic rings. The molecule has 1 aliphatic rings. The van der Waals surface area contributed by atoms with Gasteiger partial charge in [-0.3, -0.25) is 0 Å². The summed E-state index contributed by atoms with van der Waals surface area (Å²) in [5.74, 6) is 0. The molecule has 6 heteroatoms. The van der Waals surface area contributed by atoms with E-state index in [2.05, 4.69) is 10.2 Å². The molecule has 1 N–H and O–H groups in total. The summed E-state index contributed by atoms with van der Waals surface area (Å²) in [4.78, 5) is 2.54. The highest BCUT2D eigenvalue weighted by Crippen LogP contribution is 2.25. The molecule has 1 fully saturated rings. The second kappa shape index (κ2) is 6.44. The SMILES string of the molecule is CNCc1ccc(C)c(S(=O)(=O)N2CCC(N(C)C)C2)c1. The van der Waals surface area contributed by atoms with Crippen LogP contribution in [0.4, 0.5) is 0 Å². The van der Waals surface area contributed by atoms with Gasteiger partial charge in [0.1, 0.15) is 0 Å². The highest BCUT2D eigenvalue weighted by Gasteiger charge is 2.34. The number of hydrogen-bond donors (Lipinski definition) is 1. The van der Waals surface area contributed by atoms with Gasteiger partial charge in [0.25, 0.3) is 0 Å². The van der Waals surface area contributed by atoms with Crippen molar-refractivity contribution >= 4 is 10.0 Å².